The Kier molecular flexibility index (Phi) is 14.3. The minimum atomic E-state index is -1.72. The van der Waals surface area contributed by atoms with Crippen molar-refractivity contribution < 1.29 is 23.4 Å². The Labute approximate surface area is 315 Å². The van der Waals surface area contributed by atoms with Crippen molar-refractivity contribution in [1.29, 1.82) is 0 Å². The second-order valence-electron chi connectivity index (χ2n) is 17.6. The van der Waals surface area contributed by atoms with Gasteiger partial charge in [0.05, 0.1) is 11.7 Å². The normalized spacial score (nSPS) is 29.8. The first-order valence-corrected chi connectivity index (χ1v) is 24.4. The third kappa shape index (κ3) is 11.0. The molecule has 2 saturated heterocycles. The molecule has 6 atom stereocenters. The van der Waals surface area contributed by atoms with Gasteiger partial charge >= 0.3 is 0 Å². The fourth-order valence-corrected chi connectivity index (χ4v) is 10.8. The highest BCUT2D eigenvalue weighted by atomic mass is 32.2. The van der Waals surface area contributed by atoms with Gasteiger partial charge in [-0.1, -0.05) is 75.7 Å². The highest BCUT2D eigenvalue weighted by Crippen LogP contribution is 2.55. The lowest BCUT2D eigenvalue weighted by atomic mass is 9.85. The van der Waals surface area contributed by atoms with E-state index in [2.05, 4.69) is 82.1 Å². The highest BCUT2D eigenvalue weighted by molar-refractivity contribution is 8.03. The molecule has 2 heterocycles. The second kappa shape index (κ2) is 18.5. The Balaban J connectivity index is 1.21. The lowest BCUT2D eigenvalue weighted by Crippen LogP contribution is -2.41. The maximum atomic E-state index is 7.19. The molecule has 6 rings (SSSR count). The SMILES string of the molecule is CC(C)(C)[Si](C)(C)OCCCCC(=C=C1C[C@H]2CC[C@](/C=C/[C@@H](OC3CCCCO3)C3CCCC3)(O[C@H]3CCCCO3)[C@H]2C1)Sc1ccccc1. The fourth-order valence-electron chi connectivity index (χ4n) is 8.74. The zero-order chi connectivity index (χ0) is 35.7. The molecule has 2 aliphatic heterocycles. The molecule has 0 aromatic heterocycles. The monoisotopic (exact) mass is 736 g/mol. The standard InChI is InChI=1S/C44H68O5SSi/c1-43(2,3)51(4,5)47-30-16-11-21-38(50-37-19-7-6-8-20-37)32-34-31-36-24-26-44(39(36)33-34,49-42-23-13-15-29-46-42)27-25-40(35-17-9-10-18-35)48-41-22-12-14-28-45-41/h6-8,19-20,25,27,35-36,39-42H,9-18,21-24,26,28-31,33H2,1-5H3/b27-25+/t32?,36-,39+,40-,41?,42+,44-/m1/s1. The van der Waals surface area contributed by atoms with Crippen molar-refractivity contribution in [2.45, 2.75) is 177 Å². The average Bonchev–Trinajstić information content (AvgIpc) is 3.87. The molecular weight excluding hydrogens is 669 g/mol. The van der Waals surface area contributed by atoms with Crippen LogP contribution in [0.2, 0.25) is 18.1 Å². The van der Waals surface area contributed by atoms with Gasteiger partial charge in [0.1, 0.15) is 0 Å². The van der Waals surface area contributed by atoms with E-state index in [1.54, 1.807) is 0 Å². The van der Waals surface area contributed by atoms with Crippen LogP contribution in [0.25, 0.3) is 0 Å². The molecule has 1 aromatic carbocycles. The van der Waals surface area contributed by atoms with Gasteiger partial charge < -0.3 is 23.4 Å². The van der Waals surface area contributed by atoms with E-state index in [-0.39, 0.29) is 29.3 Å². The number of rotatable bonds is 15. The molecule has 5 nitrogen and oxygen atoms in total. The number of hydrogen-bond acceptors (Lipinski definition) is 6. The van der Waals surface area contributed by atoms with E-state index < -0.39 is 8.32 Å². The van der Waals surface area contributed by atoms with Crippen LogP contribution in [0, 0.1) is 17.8 Å². The van der Waals surface area contributed by atoms with Crippen LogP contribution < -0.4 is 0 Å². The van der Waals surface area contributed by atoms with Crippen LogP contribution in [-0.4, -0.2) is 52.4 Å². The Morgan fingerprint density at radius 1 is 0.922 bits per heavy atom. The minimum absolute atomic E-state index is 0.0748. The van der Waals surface area contributed by atoms with Gasteiger partial charge in [-0.3, -0.25) is 0 Å². The smallest absolute Gasteiger partial charge is 0.191 e. The highest BCUT2D eigenvalue weighted by Gasteiger charge is 2.52. The predicted octanol–water partition coefficient (Wildman–Crippen LogP) is 12.1. The third-order valence-electron chi connectivity index (χ3n) is 12.8. The summed E-state index contributed by atoms with van der Waals surface area (Å²) in [6.45, 7) is 14.2. The first-order valence-electron chi connectivity index (χ1n) is 20.7. The van der Waals surface area contributed by atoms with E-state index in [1.807, 2.05) is 11.8 Å². The Bertz CT molecular complexity index is 1310. The lowest BCUT2D eigenvalue weighted by Gasteiger charge is -2.38. The van der Waals surface area contributed by atoms with E-state index in [9.17, 15) is 0 Å². The van der Waals surface area contributed by atoms with E-state index in [0.717, 1.165) is 84.0 Å². The number of thioether (sulfide) groups is 1. The predicted molar refractivity (Wildman–Crippen MR) is 212 cm³/mol. The number of ether oxygens (including phenoxy) is 4. The molecule has 284 valence electrons. The molecule has 5 fully saturated rings. The molecule has 3 saturated carbocycles. The summed E-state index contributed by atoms with van der Waals surface area (Å²) in [5, 5.41) is 0.248. The number of unbranched alkanes of at least 4 members (excludes halogenated alkanes) is 1. The number of hydrogen-bond donors (Lipinski definition) is 0. The summed E-state index contributed by atoms with van der Waals surface area (Å²) in [7, 11) is -1.72. The van der Waals surface area contributed by atoms with Crippen LogP contribution in [0.1, 0.15) is 130 Å². The van der Waals surface area contributed by atoms with Crippen LogP contribution in [0.3, 0.4) is 0 Å². The maximum absolute atomic E-state index is 7.19. The topological polar surface area (TPSA) is 46.2 Å². The number of fused-ring (bicyclic) bond motifs is 1. The van der Waals surface area contributed by atoms with Gasteiger partial charge in [-0.05, 0) is 150 Å². The molecule has 3 aliphatic carbocycles. The Hall–Kier alpha value is -1.15. The van der Waals surface area contributed by atoms with Gasteiger partial charge in [0.15, 0.2) is 20.9 Å². The van der Waals surface area contributed by atoms with Gasteiger partial charge in [0.2, 0.25) is 0 Å². The van der Waals surface area contributed by atoms with Crippen LogP contribution in [-0.2, 0) is 23.4 Å². The fraction of sp³-hybridized carbons (Fsp3) is 0.750. The molecule has 0 radical (unpaired) electrons. The molecular formula is C44H68O5SSi. The van der Waals surface area contributed by atoms with Crippen molar-refractivity contribution >= 4 is 20.1 Å². The van der Waals surface area contributed by atoms with Crippen molar-refractivity contribution in [2.24, 2.45) is 17.8 Å². The van der Waals surface area contributed by atoms with Gasteiger partial charge in [-0.2, -0.15) is 0 Å². The van der Waals surface area contributed by atoms with Crippen molar-refractivity contribution in [3.63, 3.8) is 0 Å². The molecule has 7 heteroatoms. The molecule has 0 spiro atoms. The third-order valence-corrected chi connectivity index (χ3v) is 18.4. The summed E-state index contributed by atoms with van der Waals surface area (Å²) in [5.74, 6) is 1.63. The summed E-state index contributed by atoms with van der Waals surface area (Å²) >= 11 is 1.90. The average molecular weight is 737 g/mol. The molecule has 1 unspecified atom stereocenters. The van der Waals surface area contributed by atoms with Gasteiger partial charge in [-0.15, -0.1) is 5.73 Å². The van der Waals surface area contributed by atoms with Crippen molar-refractivity contribution in [2.75, 3.05) is 19.8 Å². The lowest BCUT2D eigenvalue weighted by molar-refractivity contribution is -0.221. The van der Waals surface area contributed by atoms with Crippen molar-refractivity contribution in [1.82, 2.24) is 0 Å². The Morgan fingerprint density at radius 2 is 1.63 bits per heavy atom. The van der Waals surface area contributed by atoms with Crippen LogP contribution in [0.15, 0.2) is 63.6 Å². The quantitative estimate of drug-likeness (QED) is 0.0587. The van der Waals surface area contributed by atoms with Gasteiger partial charge in [0.25, 0.3) is 0 Å². The van der Waals surface area contributed by atoms with Gasteiger partial charge in [0, 0.05) is 29.6 Å². The van der Waals surface area contributed by atoms with Crippen LogP contribution in [0.4, 0.5) is 0 Å². The first kappa shape index (κ1) is 39.5. The van der Waals surface area contributed by atoms with E-state index >= 15 is 0 Å². The maximum Gasteiger partial charge on any atom is 0.191 e. The van der Waals surface area contributed by atoms with Crippen molar-refractivity contribution in [3.05, 3.63) is 58.7 Å². The van der Waals surface area contributed by atoms with E-state index in [1.165, 1.54) is 60.3 Å². The van der Waals surface area contributed by atoms with E-state index in [0.29, 0.717) is 17.8 Å². The summed E-state index contributed by atoms with van der Waals surface area (Å²) in [6, 6.07) is 10.9. The van der Waals surface area contributed by atoms with Gasteiger partial charge in [-0.25, -0.2) is 0 Å². The minimum Gasteiger partial charge on any atom is -0.417 e. The first-order chi connectivity index (χ1) is 24.6. The number of benzene rings is 1. The second-order valence-corrected chi connectivity index (χ2v) is 23.6. The zero-order valence-corrected chi connectivity index (χ0v) is 34.4. The molecule has 0 bridgehead atoms. The zero-order valence-electron chi connectivity index (χ0n) is 32.6. The molecule has 51 heavy (non-hydrogen) atoms. The van der Waals surface area contributed by atoms with Crippen LogP contribution in [0.5, 0.6) is 0 Å². The van der Waals surface area contributed by atoms with Crippen molar-refractivity contribution in [3.8, 4) is 0 Å². The summed E-state index contributed by atoms with van der Waals surface area (Å²) < 4.78 is 32.8. The largest absolute Gasteiger partial charge is 0.417 e. The summed E-state index contributed by atoms with van der Waals surface area (Å²) in [6.07, 6.45) is 24.2. The number of allylic oxidation sites excluding steroid dienone is 1. The summed E-state index contributed by atoms with van der Waals surface area (Å²) in [5.41, 5.74) is 5.20. The Morgan fingerprint density at radius 3 is 2.31 bits per heavy atom. The van der Waals surface area contributed by atoms with E-state index in [4.69, 9.17) is 23.4 Å². The van der Waals surface area contributed by atoms with Crippen LogP contribution >= 0.6 is 11.8 Å². The molecule has 5 aliphatic rings. The molecule has 0 amide bonds. The molecule has 1 aromatic rings. The summed E-state index contributed by atoms with van der Waals surface area (Å²) in [4.78, 5) is 2.66. The molecule has 0 N–H and O–H groups in total.